The summed E-state index contributed by atoms with van der Waals surface area (Å²) >= 11 is 0. The molecule has 1 aliphatic carbocycles. The molecule has 0 aromatic carbocycles. The van der Waals surface area contributed by atoms with E-state index in [9.17, 15) is 9.59 Å². The van der Waals surface area contributed by atoms with Gasteiger partial charge < -0.3 is 15.5 Å². The molecule has 2 N–H and O–H groups in total. The monoisotopic (exact) mass is 377 g/mol. The second kappa shape index (κ2) is 9.88. The molecule has 1 fully saturated rings. The van der Waals surface area contributed by atoms with Gasteiger partial charge >= 0.3 is 0 Å². The number of amides is 2. The van der Waals surface area contributed by atoms with E-state index in [1.54, 1.807) is 10.9 Å². The van der Waals surface area contributed by atoms with Crippen molar-refractivity contribution in [2.45, 2.75) is 63.8 Å². The smallest absolute Gasteiger partial charge is 0.255 e. The first kappa shape index (κ1) is 21.4. The van der Waals surface area contributed by atoms with Gasteiger partial charge in [0.2, 0.25) is 5.91 Å². The third-order valence-corrected chi connectivity index (χ3v) is 5.55. The highest BCUT2D eigenvalue weighted by Gasteiger charge is 2.34. The average Bonchev–Trinajstić information content (AvgIpc) is 2.97. The molecule has 0 bridgehead atoms. The number of hydrogen-bond donors (Lipinski definition) is 2. The van der Waals surface area contributed by atoms with Gasteiger partial charge in [-0.05, 0) is 53.2 Å². The van der Waals surface area contributed by atoms with Gasteiger partial charge in [-0.2, -0.15) is 5.10 Å². The summed E-state index contributed by atoms with van der Waals surface area (Å²) in [5.41, 5.74) is 1.11. The third kappa shape index (κ3) is 6.34. The van der Waals surface area contributed by atoms with Crippen molar-refractivity contribution in [2.75, 3.05) is 27.2 Å². The van der Waals surface area contributed by atoms with Crippen molar-refractivity contribution < 1.29 is 9.59 Å². The predicted molar refractivity (Wildman–Crippen MR) is 107 cm³/mol. The van der Waals surface area contributed by atoms with Gasteiger partial charge in [-0.3, -0.25) is 14.3 Å². The van der Waals surface area contributed by atoms with Crippen molar-refractivity contribution >= 4 is 11.8 Å². The van der Waals surface area contributed by atoms with Crippen LogP contribution in [-0.4, -0.2) is 59.2 Å². The summed E-state index contributed by atoms with van der Waals surface area (Å²) in [5, 5.41) is 10.5. The minimum atomic E-state index is -0.350. The highest BCUT2D eigenvalue weighted by atomic mass is 16.2. The standard InChI is InChI=1S/C20H35N5O2/c1-16-17(14-22-25(16)4)19(27)23-20(11-7-5-8-12-20)15-21-18(26)10-6-9-13-24(2)3/h14H,5-13,15H2,1-4H3,(H,21,26)(H,23,27). The van der Waals surface area contributed by atoms with E-state index in [4.69, 9.17) is 0 Å². The molecular formula is C20H35N5O2. The zero-order valence-electron chi connectivity index (χ0n) is 17.3. The maximum atomic E-state index is 12.8. The molecule has 2 amide bonds. The topological polar surface area (TPSA) is 79.3 Å². The lowest BCUT2D eigenvalue weighted by Crippen LogP contribution is -2.56. The van der Waals surface area contributed by atoms with Crippen LogP contribution in [0.25, 0.3) is 0 Å². The third-order valence-electron chi connectivity index (χ3n) is 5.55. The van der Waals surface area contributed by atoms with Gasteiger partial charge in [-0.15, -0.1) is 0 Å². The first-order valence-corrected chi connectivity index (χ1v) is 10.1. The number of nitrogens with zero attached hydrogens (tertiary/aromatic N) is 3. The maximum Gasteiger partial charge on any atom is 0.255 e. The molecule has 27 heavy (non-hydrogen) atoms. The van der Waals surface area contributed by atoms with E-state index in [0.29, 0.717) is 18.5 Å². The van der Waals surface area contributed by atoms with Crippen LogP contribution in [0.3, 0.4) is 0 Å². The Bertz CT molecular complexity index is 632. The van der Waals surface area contributed by atoms with E-state index in [1.807, 2.05) is 28.1 Å². The molecular weight excluding hydrogens is 342 g/mol. The van der Waals surface area contributed by atoms with Crippen LogP contribution < -0.4 is 10.6 Å². The molecule has 0 atom stereocenters. The van der Waals surface area contributed by atoms with Crippen molar-refractivity contribution in [2.24, 2.45) is 7.05 Å². The number of aryl methyl sites for hydroxylation is 1. The van der Waals surface area contributed by atoms with Crippen molar-refractivity contribution in [3.8, 4) is 0 Å². The number of hydrogen-bond acceptors (Lipinski definition) is 4. The molecule has 0 saturated heterocycles. The molecule has 0 radical (unpaired) electrons. The van der Waals surface area contributed by atoms with Gasteiger partial charge in [0.15, 0.2) is 0 Å². The number of carbonyl (C=O) groups is 2. The molecule has 0 unspecified atom stereocenters. The number of carbonyl (C=O) groups excluding carboxylic acids is 2. The van der Waals surface area contributed by atoms with Crippen LogP contribution in [0.4, 0.5) is 0 Å². The van der Waals surface area contributed by atoms with Crippen molar-refractivity contribution in [3.63, 3.8) is 0 Å². The molecule has 7 nitrogen and oxygen atoms in total. The molecule has 1 aliphatic rings. The molecule has 1 saturated carbocycles. The lowest BCUT2D eigenvalue weighted by atomic mass is 9.81. The zero-order valence-corrected chi connectivity index (χ0v) is 17.3. The van der Waals surface area contributed by atoms with Crippen molar-refractivity contribution in [1.82, 2.24) is 25.3 Å². The van der Waals surface area contributed by atoms with Crippen LogP contribution in [0.1, 0.15) is 67.4 Å². The molecule has 152 valence electrons. The highest BCUT2D eigenvalue weighted by Crippen LogP contribution is 2.28. The molecule has 0 spiro atoms. The van der Waals surface area contributed by atoms with Gasteiger partial charge in [0.05, 0.1) is 17.3 Å². The zero-order chi connectivity index (χ0) is 19.9. The average molecular weight is 378 g/mol. The summed E-state index contributed by atoms with van der Waals surface area (Å²) in [6.07, 6.45) is 9.20. The van der Waals surface area contributed by atoms with E-state index in [2.05, 4.69) is 20.6 Å². The van der Waals surface area contributed by atoms with E-state index in [1.165, 1.54) is 6.42 Å². The quantitative estimate of drug-likeness (QED) is 0.645. The Hall–Kier alpha value is -1.89. The Balaban J connectivity index is 1.90. The lowest BCUT2D eigenvalue weighted by molar-refractivity contribution is -0.121. The second-order valence-electron chi connectivity index (χ2n) is 8.10. The van der Waals surface area contributed by atoms with Crippen LogP contribution in [-0.2, 0) is 11.8 Å². The van der Waals surface area contributed by atoms with Gasteiger partial charge in [-0.25, -0.2) is 0 Å². The Morgan fingerprint density at radius 1 is 1.22 bits per heavy atom. The summed E-state index contributed by atoms with van der Waals surface area (Å²) < 4.78 is 1.71. The van der Waals surface area contributed by atoms with Gasteiger partial charge in [-0.1, -0.05) is 19.3 Å². The molecule has 1 heterocycles. The number of rotatable bonds is 9. The summed E-state index contributed by atoms with van der Waals surface area (Å²) in [7, 11) is 5.91. The summed E-state index contributed by atoms with van der Waals surface area (Å²) in [6.45, 7) is 3.40. The Morgan fingerprint density at radius 3 is 2.52 bits per heavy atom. The fourth-order valence-electron chi connectivity index (χ4n) is 3.67. The van der Waals surface area contributed by atoms with E-state index in [0.717, 1.165) is 50.8 Å². The fraction of sp³-hybridized carbons (Fsp3) is 0.750. The SMILES string of the molecule is Cc1c(C(=O)NC2(CNC(=O)CCCCN(C)C)CCCCC2)cnn1C. The fourth-order valence-corrected chi connectivity index (χ4v) is 3.67. The molecule has 1 aromatic heterocycles. The first-order valence-electron chi connectivity index (χ1n) is 10.1. The van der Waals surface area contributed by atoms with E-state index >= 15 is 0 Å². The van der Waals surface area contributed by atoms with Gasteiger partial charge in [0, 0.05) is 25.7 Å². The lowest BCUT2D eigenvalue weighted by Gasteiger charge is -2.38. The largest absolute Gasteiger partial charge is 0.354 e. The summed E-state index contributed by atoms with van der Waals surface area (Å²) in [4.78, 5) is 27.2. The van der Waals surface area contributed by atoms with Crippen molar-refractivity contribution in [3.05, 3.63) is 17.5 Å². The van der Waals surface area contributed by atoms with Crippen LogP contribution in [0.5, 0.6) is 0 Å². The predicted octanol–water partition coefficient (Wildman–Crippen LogP) is 2.01. The number of unbranched alkanes of at least 4 members (excludes halogenated alkanes) is 1. The van der Waals surface area contributed by atoms with E-state index < -0.39 is 0 Å². The summed E-state index contributed by atoms with van der Waals surface area (Å²) in [5.74, 6) is -0.0201. The molecule has 0 aliphatic heterocycles. The Morgan fingerprint density at radius 2 is 1.93 bits per heavy atom. The van der Waals surface area contributed by atoms with Gasteiger partial charge in [0.25, 0.3) is 5.91 Å². The van der Waals surface area contributed by atoms with Crippen LogP contribution in [0.2, 0.25) is 0 Å². The normalized spacial score (nSPS) is 16.3. The Kier molecular flexibility index (Phi) is 7.83. The first-order chi connectivity index (χ1) is 12.8. The molecule has 2 rings (SSSR count). The number of aromatic nitrogens is 2. The minimum absolute atomic E-state index is 0.0745. The number of nitrogens with one attached hydrogen (secondary N) is 2. The molecule has 1 aromatic rings. The van der Waals surface area contributed by atoms with Crippen LogP contribution in [0, 0.1) is 6.92 Å². The highest BCUT2D eigenvalue weighted by molar-refractivity contribution is 5.95. The Labute approximate surface area is 162 Å². The maximum absolute atomic E-state index is 12.8. The van der Waals surface area contributed by atoms with E-state index in [-0.39, 0.29) is 17.4 Å². The van der Waals surface area contributed by atoms with Crippen molar-refractivity contribution in [1.29, 1.82) is 0 Å². The molecule has 7 heteroatoms. The summed E-state index contributed by atoms with van der Waals surface area (Å²) in [6, 6.07) is 0. The van der Waals surface area contributed by atoms with Crippen LogP contribution in [0.15, 0.2) is 6.20 Å². The van der Waals surface area contributed by atoms with Gasteiger partial charge in [0.1, 0.15) is 0 Å². The second-order valence-corrected chi connectivity index (χ2v) is 8.10. The minimum Gasteiger partial charge on any atom is -0.354 e. The van der Waals surface area contributed by atoms with Crippen LogP contribution >= 0.6 is 0 Å².